The molecule has 2 nitrogen and oxygen atoms in total. The first-order valence-electron chi connectivity index (χ1n) is 6.02. The lowest BCUT2D eigenvalue weighted by atomic mass is 9.99. The number of hydrogen-bond donors (Lipinski definition) is 0. The predicted molar refractivity (Wildman–Crippen MR) is 76.5 cm³/mol. The van der Waals surface area contributed by atoms with Crippen molar-refractivity contribution in [3.05, 3.63) is 69.5 Å². The molecule has 0 aliphatic heterocycles. The van der Waals surface area contributed by atoms with E-state index in [1.807, 2.05) is 0 Å². The third kappa shape index (κ3) is 3.54. The molecule has 23 heavy (non-hydrogen) atoms. The van der Waals surface area contributed by atoms with E-state index in [0.717, 1.165) is 6.07 Å². The van der Waals surface area contributed by atoms with Crippen LogP contribution in [0.25, 0.3) is 0 Å². The maximum atomic E-state index is 13.3. The summed E-state index contributed by atoms with van der Waals surface area (Å²) in [5, 5.41) is -1.20. The largest absolute Gasteiger partial charge is 0.419 e. The third-order valence-electron chi connectivity index (χ3n) is 2.99. The van der Waals surface area contributed by atoms with Gasteiger partial charge in [0.2, 0.25) is 0 Å². The van der Waals surface area contributed by atoms with E-state index in [2.05, 4.69) is 0 Å². The Morgan fingerprint density at radius 2 is 1.61 bits per heavy atom. The van der Waals surface area contributed by atoms with Crippen LogP contribution in [0.2, 0.25) is 5.02 Å². The minimum Gasteiger partial charge on any atom is -0.289 e. The summed E-state index contributed by atoms with van der Waals surface area (Å²) in [5.41, 5.74) is -2.35. The van der Waals surface area contributed by atoms with Gasteiger partial charge in [-0.25, -0.2) is 4.39 Å². The van der Waals surface area contributed by atoms with E-state index in [1.165, 1.54) is 18.2 Å². The van der Waals surface area contributed by atoms with Crippen LogP contribution in [-0.2, 0) is 6.18 Å². The number of rotatable bonds is 3. The van der Waals surface area contributed by atoms with E-state index < -0.39 is 34.1 Å². The number of carbonyl (C=O) groups is 2. The van der Waals surface area contributed by atoms with Crippen molar-refractivity contribution in [1.82, 2.24) is 0 Å². The second-order valence-corrected chi connectivity index (χ2v) is 5.18. The lowest BCUT2D eigenvalue weighted by Crippen LogP contribution is -2.11. The molecule has 0 bridgehead atoms. The fourth-order valence-corrected chi connectivity index (χ4v) is 2.40. The van der Waals surface area contributed by atoms with Crippen molar-refractivity contribution in [2.24, 2.45) is 0 Å². The molecule has 0 aliphatic rings. The van der Waals surface area contributed by atoms with Crippen LogP contribution in [0.15, 0.2) is 36.4 Å². The van der Waals surface area contributed by atoms with Gasteiger partial charge < -0.3 is 0 Å². The quantitative estimate of drug-likeness (QED) is 0.431. The summed E-state index contributed by atoms with van der Waals surface area (Å²) in [7, 11) is 0. The topological polar surface area (TPSA) is 34.1 Å². The van der Waals surface area contributed by atoms with E-state index in [9.17, 15) is 27.2 Å². The summed E-state index contributed by atoms with van der Waals surface area (Å²) >= 11 is 11.2. The van der Waals surface area contributed by atoms with Gasteiger partial charge in [0.05, 0.1) is 16.1 Å². The monoisotopic (exact) mass is 364 g/mol. The first-order valence-corrected chi connectivity index (χ1v) is 6.78. The molecule has 0 heterocycles. The SMILES string of the molecule is O=C(Cl)c1cccc(C(=O)c2ccc(F)c(C(F)(F)F)c2)c1Cl. The summed E-state index contributed by atoms with van der Waals surface area (Å²) in [6.07, 6.45) is -4.95. The van der Waals surface area contributed by atoms with Crippen molar-refractivity contribution < 1.29 is 27.2 Å². The number of benzene rings is 2. The van der Waals surface area contributed by atoms with Gasteiger partial charge in [-0.15, -0.1) is 0 Å². The van der Waals surface area contributed by atoms with Gasteiger partial charge in [0.15, 0.2) is 5.78 Å². The van der Waals surface area contributed by atoms with E-state index in [-0.39, 0.29) is 16.1 Å². The van der Waals surface area contributed by atoms with Crippen molar-refractivity contribution in [1.29, 1.82) is 0 Å². The summed E-state index contributed by atoms with van der Waals surface area (Å²) in [6, 6.07) is 5.63. The summed E-state index contributed by atoms with van der Waals surface area (Å²) in [6.45, 7) is 0. The zero-order chi connectivity index (χ0) is 17.4. The zero-order valence-electron chi connectivity index (χ0n) is 11.0. The number of ketones is 1. The third-order valence-corrected chi connectivity index (χ3v) is 3.60. The molecule has 0 N–H and O–H groups in total. The highest BCUT2D eigenvalue weighted by atomic mass is 35.5. The van der Waals surface area contributed by atoms with Gasteiger partial charge in [-0.1, -0.05) is 17.7 Å². The smallest absolute Gasteiger partial charge is 0.289 e. The Bertz CT molecular complexity index is 801. The van der Waals surface area contributed by atoms with Crippen LogP contribution in [0.4, 0.5) is 17.6 Å². The van der Waals surface area contributed by atoms with Crippen LogP contribution >= 0.6 is 23.2 Å². The normalized spacial score (nSPS) is 11.4. The fourth-order valence-electron chi connectivity index (χ4n) is 1.90. The lowest BCUT2D eigenvalue weighted by molar-refractivity contribution is -0.140. The molecule has 0 aliphatic carbocycles. The molecule has 2 aromatic rings. The van der Waals surface area contributed by atoms with Gasteiger partial charge in [-0.3, -0.25) is 9.59 Å². The van der Waals surface area contributed by atoms with Gasteiger partial charge in [0, 0.05) is 11.1 Å². The summed E-state index contributed by atoms with van der Waals surface area (Å²) in [4.78, 5) is 23.5. The highest BCUT2D eigenvalue weighted by molar-refractivity contribution is 6.69. The Kier molecular flexibility index (Phi) is 4.77. The number of alkyl halides is 3. The van der Waals surface area contributed by atoms with Crippen LogP contribution in [0.3, 0.4) is 0 Å². The molecule has 2 aromatic carbocycles. The second kappa shape index (κ2) is 6.29. The van der Waals surface area contributed by atoms with E-state index in [1.54, 1.807) is 0 Å². The number of halogens is 6. The van der Waals surface area contributed by atoms with E-state index in [0.29, 0.717) is 12.1 Å². The number of carbonyl (C=O) groups excluding carboxylic acids is 2. The molecule has 0 atom stereocenters. The Labute approximate surface area is 137 Å². The van der Waals surface area contributed by atoms with Crippen LogP contribution in [-0.4, -0.2) is 11.0 Å². The van der Waals surface area contributed by atoms with Gasteiger partial charge in [-0.05, 0) is 41.9 Å². The minimum absolute atomic E-state index is 0.155. The zero-order valence-corrected chi connectivity index (χ0v) is 12.6. The molecule has 0 unspecified atom stereocenters. The van der Waals surface area contributed by atoms with Crippen molar-refractivity contribution >= 4 is 34.2 Å². The fraction of sp³-hybridized carbons (Fsp3) is 0.0667. The molecule has 0 amide bonds. The molecule has 8 heteroatoms. The molecule has 0 saturated carbocycles. The molecule has 0 radical (unpaired) electrons. The molecular weight excluding hydrogens is 359 g/mol. The molecule has 0 fully saturated rings. The molecule has 120 valence electrons. The Morgan fingerprint density at radius 1 is 1.00 bits per heavy atom. The standard InChI is InChI=1S/C15H6Cl2F4O2/c16-12-8(2-1-3-9(12)14(17)23)13(22)7-4-5-11(18)10(6-7)15(19,20)21/h1-6H. The summed E-state index contributed by atoms with van der Waals surface area (Å²) < 4.78 is 51.4. The van der Waals surface area contributed by atoms with Crippen molar-refractivity contribution in [2.45, 2.75) is 6.18 Å². The minimum atomic E-state index is -4.95. The first kappa shape index (κ1) is 17.4. The van der Waals surface area contributed by atoms with E-state index >= 15 is 0 Å². The molecule has 0 spiro atoms. The van der Waals surface area contributed by atoms with Gasteiger partial charge >= 0.3 is 6.18 Å². The van der Waals surface area contributed by atoms with Crippen LogP contribution in [0.1, 0.15) is 31.8 Å². The van der Waals surface area contributed by atoms with Gasteiger partial charge in [-0.2, -0.15) is 13.2 Å². The van der Waals surface area contributed by atoms with E-state index in [4.69, 9.17) is 23.2 Å². The van der Waals surface area contributed by atoms with Gasteiger partial charge in [0.25, 0.3) is 5.24 Å². The molecule has 0 saturated heterocycles. The van der Waals surface area contributed by atoms with Crippen molar-refractivity contribution in [3.8, 4) is 0 Å². The maximum Gasteiger partial charge on any atom is 0.419 e. The molecule has 2 rings (SSSR count). The molecular formula is C15H6Cl2F4O2. The Morgan fingerprint density at radius 3 is 2.17 bits per heavy atom. The predicted octanol–water partition coefficient (Wildman–Crippen LogP) is 5.11. The highest BCUT2D eigenvalue weighted by Crippen LogP contribution is 2.33. The van der Waals surface area contributed by atoms with Crippen molar-refractivity contribution in [3.63, 3.8) is 0 Å². The van der Waals surface area contributed by atoms with Crippen LogP contribution < -0.4 is 0 Å². The Hall–Kier alpha value is -1.92. The Balaban J connectivity index is 2.55. The second-order valence-electron chi connectivity index (χ2n) is 4.46. The summed E-state index contributed by atoms with van der Waals surface area (Å²) in [5.74, 6) is -2.38. The average molecular weight is 365 g/mol. The average Bonchev–Trinajstić information content (AvgIpc) is 2.45. The lowest BCUT2D eigenvalue weighted by Gasteiger charge is -2.11. The maximum absolute atomic E-state index is 13.3. The number of hydrogen-bond acceptors (Lipinski definition) is 2. The molecule has 0 aromatic heterocycles. The van der Waals surface area contributed by atoms with Gasteiger partial charge in [0.1, 0.15) is 5.82 Å². The first-order chi connectivity index (χ1) is 10.6. The van der Waals surface area contributed by atoms with Crippen LogP contribution in [0, 0.1) is 5.82 Å². The van der Waals surface area contributed by atoms with Crippen molar-refractivity contribution in [2.75, 3.05) is 0 Å². The van der Waals surface area contributed by atoms with Crippen LogP contribution in [0.5, 0.6) is 0 Å². The highest BCUT2D eigenvalue weighted by Gasteiger charge is 2.35.